The van der Waals surface area contributed by atoms with E-state index in [9.17, 15) is 14.7 Å². The molecule has 0 aliphatic heterocycles. The molecule has 154 valence electrons. The van der Waals surface area contributed by atoms with Crippen molar-refractivity contribution in [2.75, 3.05) is 5.32 Å². The van der Waals surface area contributed by atoms with Gasteiger partial charge in [-0.05, 0) is 48.7 Å². The second-order valence-electron chi connectivity index (χ2n) is 7.68. The number of oxazole rings is 1. The fraction of sp³-hybridized carbons (Fsp3) is 0.292. The number of amides is 1. The number of aromatic carboxylic acids is 1. The minimum Gasteiger partial charge on any atom is -0.476 e. The summed E-state index contributed by atoms with van der Waals surface area (Å²) in [6, 6.07) is 16.1. The zero-order chi connectivity index (χ0) is 20.9. The van der Waals surface area contributed by atoms with Gasteiger partial charge >= 0.3 is 5.97 Å². The first-order valence-corrected chi connectivity index (χ1v) is 10.3. The number of carbonyl (C=O) groups is 2. The van der Waals surface area contributed by atoms with E-state index in [1.54, 1.807) is 24.3 Å². The molecule has 0 unspecified atom stereocenters. The maximum absolute atomic E-state index is 12.2. The topological polar surface area (TPSA) is 92.4 Å². The Morgan fingerprint density at radius 3 is 2.37 bits per heavy atom. The lowest BCUT2D eigenvalue weighted by atomic mass is 10.0. The standard InChI is InChI=1S/C24H24N2O4/c27-20(15-10-16-6-4-5-7-16)25-19-13-11-17(12-14-19)22-21(24(28)29)26-23(30-22)18-8-2-1-3-9-18/h1-3,8-9,11-14,16H,4-7,10,15H2,(H,25,27)(H,28,29). The molecule has 0 atom stereocenters. The predicted molar refractivity (Wildman–Crippen MR) is 114 cm³/mol. The Labute approximate surface area is 175 Å². The molecule has 1 aliphatic carbocycles. The Balaban J connectivity index is 1.47. The van der Waals surface area contributed by atoms with Crippen LogP contribution in [0.5, 0.6) is 0 Å². The maximum Gasteiger partial charge on any atom is 0.358 e. The number of hydrogen-bond acceptors (Lipinski definition) is 4. The smallest absolute Gasteiger partial charge is 0.358 e. The third-order valence-corrected chi connectivity index (χ3v) is 5.54. The van der Waals surface area contributed by atoms with E-state index >= 15 is 0 Å². The summed E-state index contributed by atoms with van der Waals surface area (Å²) < 4.78 is 5.79. The third kappa shape index (κ3) is 4.59. The molecule has 1 fully saturated rings. The highest BCUT2D eigenvalue weighted by Gasteiger charge is 2.22. The number of nitrogens with one attached hydrogen (secondary N) is 1. The number of carboxylic acids is 1. The number of aromatic nitrogens is 1. The molecule has 30 heavy (non-hydrogen) atoms. The molecular weight excluding hydrogens is 380 g/mol. The lowest BCUT2D eigenvalue weighted by molar-refractivity contribution is -0.116. The van der Waals surface area contributed by atoms with Gasteiger partial charge in [-0.25, -0.2) is 9.78 Å². The predicted octanol–water partition coefficient (Wildman–Crippen LogP) is 5.62. The van der Waals surface area contributed by atoms with Gasteiger partial charge < -0.3 is 14.8 Å². The van der Waals surface area contributed by atoms with Gasteiger partial charge in [0, 0.05) is 23.2 Å². The Morgan fingerprint density at radius 1 is 1.00 bits per heavy atom. The van der Waals surface area contributed by atoms with Gasteiger partial charge in [-0.15, -0.1) is 0 Å². The van der Waals surface area contributed by atoms with E-state index in [1.165, 1.54) is 25.7 Å². The number of nitrogens with zero attached hydrogens (tertiary/aromatic N) is 1. The zero-order valence-corrected chi connectivity index (χ0v) is 16.6. The number of hydrogen-bond donors (Lipinski definition) is 2. The van der Waals surface area contributed by atoms with Crippen molar-refractivity contribution in [3.63, 3.8) is 0 Å². The molecule has 2 N–H and O–H groups in total. The molecule has 1 saturated carbocycles. The number of rotatable bonds is 7. The van der Waals surface area contributed by atoms with Gasteiger partial charge in [0.25, 0.3) is 0 Å². The molecule has 1 aliphatic rings. The minimum atomic E-state index is -1.15. The Hall–Kier alpha value is -3.41. The van der Waals surface area contributed by atoms with Crippen LogP contribution in [0.15, 0.2) is 59.0 Å². The number of benzene rings is 2. The normalized spacial score (nSPS) is 14.0. The van der Waals surface area contributed by atoms with Crippen LogP contribution in [0.1, 0.15) is 49.0 Å². The van der Waals surface area contributed by atoms with Gasteiger partial charge in [0.15, 0.2) is 11.5 Å². The van der Waals surface area contributed by atoms with Gasteiger partial charge in [-0.3, -0.25) is 4.79 Å². The van der Waals surface area contributed by atoms with Crippen LogP contribution < -0.4 is 5.32 Å². The molecule has 0 bridgehead atoms. The largest absolute Gasteiger partial charge is 0.476 e. The monoisotopic (exact) mass is 404 g/mol. The van der Waals surface area contributed by atoms with Crippen LogP contribution in [0.2, 0.25) is 0 Å². The highest BCUT2D eigenvalue weighted by molar-refractivity contribution is 5.94. The lowest BCUT2D eigenvalue weighted by Crippen LogP contribution is -2.12. The average Bonchev–Trinajstić information content (AvgIpc) is 3.44. The van der Waals surface area contributed by atoms with Crippen LogP contribution in [-0.2, 0) is 4.79 Å². The summed E-state index contributed by atoms with van der Waals surface area (Å²) in [4.78, 5) is 28.0. The summed E-state index contributed by atoms with van der Waals surface area (Å²) in [6.07, 6.45) is 6.48. The van der Waals surface area contributed by atoms with Crippen molar-refractivity contribution >= 4 is 17.6 Å². The molecular formula is C24H24N2O4. The Bertz CT molecular complexity index is 1020. The Morgan fingerprint density at radius 2 is 1.70 bits per heavy atom. The SMILES string of the molecule is O=C(CCC1CCCC1)Nc1ccc(-c2oc(-c3ccccc3)nc2C(=O)O)cc1. The van der Waals surface area contributed by atoms with Crippen molar-refractivity contribution in [3.8, 4) is 22.8 Å². The molecule has 6 heteroatoms. The quantitative estimate of drug-likeness (QED) is 0.533. The van der Waals surface area contributed by atoms with E-state index in [4.69, 9.17) is 4.42 Å². The van der Waals surface area contributed by atoms with E-state index in [-0.39, 0.29) is 23.3 Å². The third-order valence-electron chi connectivity index (χ3n) is 5.54. The number of carboxylic acid groups (broad SMARTS) is 1. The first-order valence-electron chi connectivity index (χ1n) is 10.3. The second kappa shape index (κ2) is 8.95. The molecule has 4 rings (SSSR count). The Kier molecular flexibility index (Phi) is 5.93. The van der Waals surface area contributed by atoms with Crippen molar-refractivity contribution < 1.29 is 19.1 Å². The van der Waals surface area contributed by atoms with Crippen LogP contribution in [0.25, 0.3) is 22.8 Å². The van der Waals surface area contributed by atoms with Crippen molar-refractivity contribution in [2.45, 2.75) is 38.5 Å². The molecule has 1 amide bonds. The first-order chi connectivity index (χ1) is 14.6. The second-order valence-corrected chi connectivity index (χ2v) is 7.68. The maximum atomic E-state index is 12.2. The van der Waals surface area contributed by atoms with Crippen molar-refractivity contribution in [1.82, 2.24) is 4.98 Å². The molecule has 0 spiro atoms. The highest BCUT2D eigenvalue weighted by Crippen LogP contribution is 2.31. The van der Waals surface area contributed by atoms with Gasteiger partial charge in [0.2, 0.25) is 11.8 Å². The molecule has 6 nitrogen and oxygen atoms in total. The average molecular weight is 404 g/mol. The highest BCUT2D eigenvalue weighted by atomic mass is 16.4. The first kappa shape index (κ1) is 19.9. The molecule has 0 saturated heterocycles. The number of carbonyl (C=O) groups excluding carboxylic acids is 1. The van der Waals surface area contributed by atoms with Gasteiger partial charge in [0.1, 0.15) is 0 Å². The van der Waals surface area contributed by atoms with Gasteiger partial charge in [-0.1, -0.05) is 43.9 Å². The molecule has 2 aromatic carbocycles. The van der Waals surface area contributed by atoms with Crippen LogP contribution in [0, 0.1) is 5.92 Å². The van der Waals surface area contributed by atoms with Gasteiger partial charge in [-0.2, -0.15) is 0 Å². The van der Waals surface area contributed by atoms with Crippen LogP contribution in [0.3, 0.4) is 0 Å². The molecule has 0 radical (unpaired) electrons. The van der Waals surface area contributed by atoms with Crippen LogP contribution >= 0.6 is 0 Å². The van der Waals surface area contributed by atoms with Crippen molar-refractivity contribution in [1.29, 1.82) is 0 Å². The molecule has 1 heterocycles. The fourth-order valence-corrected chi connectivity index (χ4v) is 3.93. The summed E-state index contributed by atoms with van der Waals surface area (Å²) in [7, 11) is 0. The summed E-state index contributed by atoms with van der Waals surface area (Å²) in [5.41, 5.74) is 1.83. The van der Waals surface area contributed by atoms with Gasteiger partial charge in [0.05, 0.1) is 0 Å². The van der Waals surface area contributed by atoms with E-state index in [0.29, 0.717) is 29.2 Å². The lowest BCUT2D eigenvalue weighted by Gasteiger charge is -2.09. The molecule has 1 aromatic heterocycles. The summed E-state index contributed by atoms with van der Waals surface area (Å²) >= 11 is 0. The number of anilines is 1. The minimum absolute atomic E-state index is 0.00639. The van der Waals surface area contributed by atoms with Crippen LogP contribution in [-0.4, -0.2) is 22.0 Å². The summed E-state index contributed by atoms with van der Waals surface area (Å²) in [5, 5.41) is 12.4. The summed E-state index contributed by atoms with van der Waals surface area (Å²) in [6.45, 7) is 0. The van der Waals surface area contributed by atoms with E-state index < -0.39 is 5.97 Å². The summed E-state index contributed by atoms with van der Waals surface area (Å²) in [5.74, 6) is -0.0160. The van der Waals surface area contributed by atoms with Crippen LogP contribution in [0.4, 0.5) is 5.69 Å². The van der Waals surface area contributed by atoms with E-state index in [0.717, 1.165) is 6.42 Å². The zero-order valence-electron chi connectivity index (χ0n) is 16.6. The van der Waals surface area contributed by atoms with E-state index in [1.807, 2.05) is 30.3 Å². The molecule has 3 aromatic rings. The van der Waals surface area contributed by atoms with Crippen molar-refractivity contribution in [3.05, 3.63) is 60.3 Å². The van der Waals surface area contributed by atoms with Crippen molar-refractivity contribution in [2.24, 2.45) is 5.92 Å². The van der Waals surface area contributed by atoms with E-state index in [2.05, 4.69) is 10.3 Å². The fourth-order valence-electron chi connectivity index (χ4n) is 3.93.